The summed E-state index contributed by atoms with van der Waals surface area (Å²) < 4.78 is 2.01. The smallest absolute Gasteiger partial charge is 0.251 e. The van der Waals surface area contributed by atoms with E-state index in [0.29, 0.717) is 12.1 Å². The molecule has 0 saturated carbocycles. The summed E-state index contributed by atoms with van der Waals surface area (Å²) in [7, 11) is 1.64. The van der Waals surface area contributed by atoms with Crippen LogP contribution in [-0.2, 0) is 13.0 Å². The molecule has 27 heavy (non-hydrogen) atoms. The number of benzene rings is 1. The van der Waals surface area contributed by atoms with Crippen LogP contribution in [0.1, 0.15) is 28.5 Å². The Kier molecular flexibility index (Phi) is 6.43. The molecule has 1 aromatic carbocycles. The second-order valence-corrected chi connectivity index (χ2v) is 6.85. The highest BCUT2D eigenvalue weighted by molar-refractivity contribution is 7.15. The van der Waals surface area contributed by atoms with E-state index in [9.17, 15) is 4.79 Å². The number of nitrogens with one attached hydrogen (secondary N) is 3. The Morgan fingerprint density at radius 2 is 2.22 bits per heavy atom. The van der Waals surface area contributed by atoms with Crippen LogP contribution in [0.2, 0.25) is 0 Å². The van der Waals surface area contributed by atoms with Gasteiger partial charge in [0.1, 0.15) is 0 Å². The molecule has 0 radical (unpaired) electrons. The molecular weight excluding hydrogens is 360 g/mol. The van der Waals surface area contributed by atoms with Gasteiger partial charge in [-0.15, -0.1) is 11.3 Å². The van der Waals surface area contributed by atoms with E-state index < -0.39 is 0 Å². The maximum absolute atomic E-state index is 11.7. The van der Waals surface area contributed by atoms with Crippen molar-refractivity contribution < 1.29 is 4.79 Å². The Labute approximate surface area is 162 Å². The van der Waals surface area contributed by atoms with Crippen molar-refractivity contribution in [1.29, 1.82) is 0 Å². The third kappa shape index (κ3) is 5.07. The predicted molar refractivity (Wildman–Crippen MR) is 109 cm³/mol. The van der Waals surface area contributed by atoms with Gasteiger partial charge in [0.15, 0.2) is 10.9 Å². The first-order valence-electron chi connectivity index (χ1n) is 8.94. The van der Waals surface area contributed by atoms with Gasteiger partial charge >= 0.3 is 0 Å². The standard InChI is InChI=1S/C19H24N6OS/c1-3-21-18(23-12-16-13-25-9-10-27-19(25)24-16)22-8-7-14-5-4-6-15(11-14)17(26)20-2/h4-6,9-11,13H,3,7-8,12H2,1-2H3,(H,20,26)(H2,21,22,23). The molecule has 0 bridgehead atoms. The maximum Gasteiger partial charge on any atom is 0.251 e. The summed E-state index contributed by atoms with van der Waals surface area (Å²) in [6, 6.07) is 7.67. The van der Waals surface area contributed by atoms with Crippen LogP contribution < -0.4 is 16.0 Å². The van der Waals surface area contributed by atoms with E-state index in [1.165, 1.54) is 0 Å². The van der Waals surface area contributed by atoms with Gasteiger partial charge in [0, 0.05) is 43.5 Å². The van der Waals surface area contributed by atoms with Crippen molar-refractivity contribution in [3.05, 3.63) is 58.9 Å². The summed E-state index contributed by atoms with van der Waals surface area (Å²) in [4.78, 5) is 21.9. The highest BCUT2D eigenvalue weighted by Crippen LogP contribution is 2.11. The van der Waals surface area contributed by atoms with Gasteiger partial charge < -0.3 is 16.0 Å². The molecule has 2 aromatic heterocycles. The third-order valence-electron chi connectivity index (χ3n) is 4.01. The van der Waals surface area contributed by atoms with E-state index in [4.69, 9.17) is 0 Å². The molecule has 0 fully saturated rings. The number of hydrogen-bond donors (Lipinski definition) is 3. The Morgan fingerprint density at radius 1 is 1.33 bits per heavy atom. The first kappa shape index (κ1) is 18.9. The number of nitrogens with zero attached hydrogens (tertiary/aromatic N) is 3. The number of fused-ring (bicyclic) bond motifs is 1. The molecular formula is C19H24N6OS. The van der Waals surface area contributed by atoms with Gasteiger partial charge in [-0.2, -0.15) is 0 Å². The quantitative estimate of drug-likeness (QED) is 0.430. The summed E-state index contributed by atoms with van der Waals surface area (Å²) in [5, 5.41) is 11.2. The summed E-state index contributed by atoms with van der Waals surface area (Å²) in [6.45, 7) is 4.07. The van der Waals surface area contributed by atoms with Gasteiger partial charge in [-0.25, -0.2) is 9.98 Å². The third-order valence-corrected chi connectivity index (χ3v) is 4.78. The second-order valence-electron chi connectivity index (χ2n) is 5.98. The van der Waals surface area contributed by atoms with Crippen LogP contribution in [0.4, 0.5) is 0 Å². The molecule has 0 unspecified atom stereocenters. The fourth-order valence-electron chi connectivity index (χ4n) is 2.69. The highest BCUT2D eigenvalue weighted by Gasteiger charge is 2.05. The van der Waals surface area contributed by atoms with Crippen LogP contribution in [0.15, 0.2) is 47.0 Å². The van der Waals surface area contributed by atoms with Gasteiger partial charge in [0.25, 0.3) is 5.91 Å². The van der Waals surface area contributed by atoms with Crippen LogP contribution in [0.25, 0.3) is 4.96 Å². The summed E-state index contributed by atoms with van der Waals surface area (Å²) in [5.41, 5.74) is 2.72. The lowest BCUT2D eigenvalue weighted by molar-refractivity contribution is 0.0963. The zero-order valence-electron chi connectivity index (χ0n) is 15.5. The van der Waals surface area contributed by atoms with E-state index in [0.717, 1.165) is 41.7 Å². The topological polar surface area (TPSA) is 82.8 Å². The molecule has 0 aliphatic heterocycles. The Hall–Kier alpha value is -2.87. The normalized spacial score (nSPS) is 11.6. The number of guanidine groups is 1. The van der Waals surface area contributed by atoms with Crippen LogP contribution in [0.5, 0.6) is 0 Å². The molecule has 2 heterocycles. The highest BCUT2D eigenvalue weighted by atomic mass is 32.1. The average molecular weight is 385 g/mol. The molecule has 142 valence electrons. The number of imidazole rings is 1. The van der Waals surface area contributed by atoms with E-state index in [-0.39, 0.29) is 5.91 Å². The molecule has 1 amide bonds. The lowest BCUT2D eigenvalue weighted by atomic mass is 10.1. The fourth-order valence-corrected chi connectivity index (χ4v) is 3.41. The molecule has 3 N–H and O–H groups in total. The number of hydrogen-bond acceptors (Lipinski definition) is 4. The van der Waals surface area contributed by atoms with Crippen molar-refractivity contribution in [1.82, 2.24) is 25.3 Å². The first-order valence-corrected chi connectivity index (χ1v) is 9.82. The molecule has 0 spiro atoms. The van der Waals surface area contributed by atoms with Crippen LogP contribution in [0, 0.1) is 0 Å². The van der Waals surface area contributed by atoms with Gasteiger partial charge in [0.05, 0.1) is 12.2 Å². The monoisotopic (exact) mass is 384 g/mol. The zero-order chi connectivity index (χ0) is 19.1. The first-order chi connectivity index (χ1) is 13.2. The summed E-state index contributed by atoms with van der Waals surface area (Å²) in [5.74, 6) is 0.691. The minimum absolute atomic E-state index is 0.0697. The minimum Gasteiger partial charge on any atom is -0.357 e. The van der Waals surface area contributed by atoms with Gasteiger partial charge in [-0.3, -0.25) is 9.20 Å². The predicted octanol–water partition coefficient (Wildman–Crippen LogP) is 2.05. The molecule has 0 saturated heterocycles. The van der Waals surface area contributed by atoms with Crippen molar-refractivity contribution in [2.24, 2.45) is 4.99 Å². The van der Waals surface area contributed by atoms with E-state index in [1.54, 1.807) is 18.4 Å². The number of aliphatic imine (C=N–C) groups is 1. The largest absolute Gasteiger partial charge is 0.357 e. The van der Waals surface area contributed by atoms with Crippen molar-refractivity contribution in [3.63, 3.8) is 0 Å². The van der Waals surface area contributed by atoms with Crippen molar-refractivity contribution in [3.8, 4) is 0 Å². The van der Waals surface area contributed by atoms with Gasteiger partial charge in [-0.1, -0.05) is 12.1 Å². The number of amides is 1. The number of carbonyl (C=O) groups excluding carboxylic acids is 1. The lowest BCUT2D eigenvalue weighted by Crippen LogP contribution is -2.38. The van der Waals surface area contributed by atoms with Gasteiger partial charge in [-0.05, 0) is 31.0 Å². The van der Waals surface area contributed by atoms with E-state index in [2.05, 4.69) is 25.9 Å². The molecule has 0 aliphatic rings. The van der Waals surface area contributed by atoms with Gasteiger partial charge in [0.2, 0.25) is 0 Å². The van der Waals surface area contributed by atoms with E-state index >= 15 is 0 Å². The Morgan fingerprint density at radius 3 is 3.00 bits per heavy atom. The molecule has 0 atom stereocenters. The molecule has 0 aliphatic carbocycles. The number of aromatic nitrogens is 2. The molecule has 3 rings (SSSR count). The second kappa shape index (κ2) is 9.18. The average Bonchev–Trinajstić information content (AvgIpc) is 3.27. The van der Waals surface area contributed by atoms with Crippen LogP contribution in [-0.4, -0.2) is 41.4 Å². The number of rotatable bonds is 7. The molecule has 7 nitrogen and oxygen atoms in total. The van der Waals surface area contributed by atoms with Crippen molar-refractivity contribution in [2.45, 2.75) is 19.9 Å². The minimum atomic E-state index is -0.0697. The Bertz CT molecular complexity index is 901. The maximum atomic E-state index is 11.7. The zero-order valence-corrected chi connectivity index (χ0v) is 16.3. The summed E-state index contributed by atoms with van der Waals surface area (Å²) in [6.07, 6.45) is 4.80. The summed E-state index contributed by atoms with van der Waals surface area (Å²) >= 11 is 1.61. The Balaban J connectivity index is 1.56. The number of carbonyl (C=O) groups is 1. The SMILES string of the molecule is CCNC(=NCc1cn2ccsc2n1)NCCc1cccc(C(=O)NC)c1. The van der Waals surface area contributed by atoms with Crippen molar-refractivity contribution in [2.75, 3.05) is 20.1 Å². The molecule has 8 heteroatoms. The lowest BCUT2D eigenvalue weighted by Gasteiger charge is -2.11. The van der Waals surface area contributed by atoms with Crippen LogP contribution >= 0.6 is 11.3 Å². The van der Waals surface area contributed by atoms with E-state index in [1.807, 2.05) is 53.4 Å². The molecule has 3 aromatic rings. The number of thiazole rings is 1. The fraction of sp³-hybridized carbons (Fsp3) is 0.316. The van der Waals surface area contributed by atoms with Crippen LogP contribution in [0.3, 0.4) is 0 Å². The van der Waals surface area contributed by atoms with Crippen molar-refractivity contribution >= 4 is 28.2 Å².